The van der Waals surface area contributed by atoms with Gasteiger partial charge in [-0.25, -0.2) is 0 Å². The Bertz CT molecular complexity index is 746. The summed E-state index contributed by atoms with van der Waals surface area (Å²) in [5.41, 5.74) is 4.90. The summed E-state index contributed by atoms with van der Waals surface area (Å²) in [7, 11) is 0. The maximum absolute atomic E-state index is 4.67. The second-order valence-corrected chi connectivity index (χ2v) is 6.16. The molecule has 0 saturated carbocycles. The first-order valence-electron chi connectivity index (χ1n) is 5.45. The van der Waals surface area contributed by atoms with Crippen LogP contribution < -0.4 is 4.40 Å². The molecule has 2 heterocycles. The lowest BCUT2D eigenvalue weighted by molar-refractivity contribution is -0.489. The highest BCUT2D eigenvalue weighted by molar-refractivity contribution is 9.10. The zero-order valence-electron chi connectivity index (χ0n) is 9.91. The topological polar surface area (TPSA) is 17.0 Å². The van der Waals surface area contributed by atoms with Crippen LogP contribution in [0.2, 0.25) is 0 Å². The number of thiazole rings is 1. The van der Waals surface area contributed by atoms with Gasteiger partial charge in [-0.1, -0.05) is 15.9 Å². The summed E-state index contributed by atoms with van der Waals surface area (Å²) in [6.07, 6.45) is 0. The minimum Gasteiger partial charge on any atom is -0.183 e. The van der Waals surface area contributed by atoms with Crippen molar-refractivity contribution < 1.29 is 4.40 Å². The van der Waals surface area contributed by atoms with Crippen molar-refractivity contribution in [3.05, 3.63) is 39.6 Å². The molecular weight excluding hydrogens is 296 g/mol. The van der Waals surface area contributed by atoms with Crippen molar-refractivity contribution in [3.63, 3.8) is 0 Å². The molecule has 0 unspecified atom stereocenters. The van der Waals surface area contributed by atoms with E-state index in [1.807, 2.05) is 0 Å². The average Bonchev–Trinajstić information content (AvgIpc) is 2.63. The van der Waals surface area contributed by atoms with Crippen LogP contribution >= 0.6 is 27.3 Å². The number of nitrogens with zero attached hydrogens (tertiary/aromatic N) is 2. The molecule has 0 aliphatic carbocycles. The number of fused-ring (bicyclic) bond motifs is 3. The Labute approximate surface area is 112 Å². The Balaban J connectivity index is 2.57. The summed E-state index contributed by atoms with van der Waals surface area (Å²) >= 11 is 5.25. The number of rotatable bonds is 0. The number of hydrogen-bond donors (Lipinski definition) is 0. The van der Waals surface area contributed by atoms with Crippen molar-refractivity contribution in [2.45, 2.75) is 20.8 Å². The Morgan fingerprint density at radius 2 is 2.00 bits per heavy atom. The van der Waals surface area contributed by atoms with Crippen molar-refractivity contribution in [1.29, 1.82) is 0 Å². The lowest BCUT2D eigenvalue weighted by atomic mass is 10.2. The van der Waals surface area contributed by atoms with E-state index in [-0.39, 0.29) is 0 Å². The van der Waals surface area contributed by atoms with Gasteiger partial charge in [-0.05, 0) is 48.4 Å². The molecule has 1 aromatic carbocycles. The zero-order valence-corrected chi connectivity index (χ0v) is 12.3. The molecule has 0 saturated heterocycles. The predicted octanol–water partition coefficient (Wildman–Crippen LogP) is 3.72. The van der Waals surface area contributed by atoms with E-state index in [1.54, 1.807) is 11.3 Å². The fraction of sp³-hybridized carbons (Fsp3) is 0.231. The van der Waals surface area contributed by atoms with Crippen LogP contribution in [0.1, 0.15) is 17.0 Å². The van der Waals surface area contributed by atoms with E-state index >= 15 is 0 Å². The number of aryl methyl sites for hydroxylation is 2. The van der Waals surface area contributed by atoms with Crippen LogP contribution in [0.15, 0.2) is 22.7 Å². The van der Waals surface area contributed by atoms with Crippen LogP contribution in [0.5, 0.6) is 0 Å². The smallest absolute Gasteiger partial charge is 0.183 e. The Morgan fingerprint density at radius 3 is 2.76 bits per heavy atom. The number of aromatic nitrogens is 2. The highest BCUT2D eigenvalue weighted by atomic mass is 79.9. The molecule has 17 heavy (non-hydrogen) atoms. The van der Waals surface area contributed by atoms with E-state index in [0.717, 1.165) is 15.1 Å². The van der Waals surface area contributed by atoms with Crippen molar-refractivity contribution in [2.24, 2.45) is 0 Å². The Morgan fingerprint density at radius 1 is 1.24 bits per heavy atom. The molecule has 0 atom stereocenters. The minimum absolute atomic E-state index is 1.07. The van der Waals surface area contributed by atoms with Gasteiger partial charge in [0.15, 0.2) is 11.2 Å². The molecule has 0 aliphatic heterocycles. The molecule has 2 nitrogen and oxygen atoms in total. The van der Waals surface area contributed by atoms with Crippen molar-refractivity contribution in [1.82, 2.24) is 4.98 Å². The molecular formula is C13H12BrN2S+. The summed E-state index contributed by atoms with van der Waals surface area (Å²) in [6, 6.07) is 6.38. The molecule has 0 aliphatic rings. The van der Waals surface area contributed by atoms with Crippen LogP contribution in [0.3, 0.4) is 0 Å². The summed E-state index contributed by atoms with van der Waals surface area (Å²) in [5, 5.41) is 0. The van der Waals surface area contributed by atoms with Gasteiger partial charge in [-0.15, -0.1) is 0 Å². The highest BCUT2D eigenvalue weighted by Crippen LogP contribution is 2.25. The number of benzene rings is 1. The van der Waals surface area contributed by atoms with E-state index < -0.39 is 0 Å². The monoisotopic (exact) mass is 307 g/mol. The van der Waals surface area contributed by atoms with Crippen molar-refractivity contribution in [2.75, 3.05) is 0 Å². The summed E-state index contributed by atoms with van der Waals surface area (Å²) in [6.45, 7) is 6.36. The summed E-state index contributed by atoms with van der Waals surface area (Å²) in [4.78, 5) is 5.74. The molecule has 3 aromatic rings. The molecule has 0 bridgehead atoms. The molecule has 2 aromatic heterocycles. The molecule has 0 amide bonds. The zero-order chi connectivity index (χ0) is 12.2. The van der Waals surface area contributed by atoms with Crippen LogP contribution in [0.4, 0.5) is 0 Å². The van der Waals surface area contributed by atoms with Crippen LogP contribution in [-0.4, -0.2) is 4.98 Å². The van der Waals surface area contributed by atoms with E-state index in [0.29, 0.717) is 0 Å². The standard InChI is InChI=1S/C13H12BrN2S/c1-7-8(2)15-13-16(9(7)3)11-5-4-10(14)6-12(11)17-13/h4-6H,1-3H3/q+1. The fourth-order valence-corrected chi connectivity index (χ4v) is 3.72. The quantitative estimate of drug-likeness (QED) is 0.578. The molecule has 0 spiro atoms. The lowest BCUT2D eigenvalue weighted by Crippen LogP contribution is -2.26. The summed E-state index contributed by atoms with van der Waals surface area (Å²) < 4.78 is 4.62. The SMILES string of the molecule is Cc1nc2sc3cc(Br)ccc3[n+]2c(C)c1C. The lowest BCUT2D eigenvalue weighted by Gasteiger charge is -1.98. The number of hydrogen-bond acceptors (Lipinski definition) is 2. The molecule has 4 heteroatoms. The third kappa shape index (κ3) is 1.58. The molecule has 3 rings (SSSR count). The van der Waals surface area contributed by atoms with Crippen LogP contribution in [0.25, 0.3) is 15.2 Å². The van der Waals surface area contributed by atoms with Crippen LogP contribution in [-0.2, 0) is 0 Å². The minimum atomic E-state index is 1.07. The van der Waals surface area contributed by atoms with E-state index in [1.165, 1.54) is 21.5 Å². The van der Waals surface area contributed by atoms with Gasteiger partial charge in [-0.3, -0.25) is 0 Å². The molecule has 0 radical (unpaired) electrons. The third-order valence-corrected chi connectivity index (χ3v) is 4.74. The Kier molecular flexibility index (Phi) is 2.45. The fourth-order valence-electron chi connectivity index (χ4n) is 2.06. The van der Waals surface area contributed by atoms with Gasteiger partial charge in [0.05, 0.1) is 4.70 Å². The maximum atomic E-state index is 4.67. The predicted molar refractivity (Wildman–Crippen MR) is 74.7 cm³/mol. The van der Waals surface area contributed by atoms with Gasteiger partial charge < -0.3 is 0 Å². The third-order valence-electron chi connectivity index (χ3n) is 3.24. The highest BCUT2D eigenvalue weighted by Gasteiger charge is 2.19. The van der Waals surface area contributed by atoms with E-state index in [2.05, 4.69) is 64.3 Å². The first-order chi connectivity index (χ1) is 8.08. The summed E-state index contributed by atoms with van der Waals surface area (Å²) in [5.74, 6) is 0. The largest absolute Gasteiger partial charge is 0.388 e. The second-order valence-electron chi connectivity index (χ2n) is 4.24. The number of halogens is 1. The van der Waals surface area contributed by atoms with Gasteiger partial charge in [0.1, 0.15) is 5.69 Å². The van der Waals surface area contributed by atoms with Gasteiger partial charge in [-0.2, -0.15) is 4.40 Å². The Hall–Kier alpha value is -1.00. The van der Waals surface area contributed by atoms with Gasteiger partial charge >= 0.3 is 4.96 Å². The molecule has 0 fully saturated rings. The van der Waals surface area contributed by atoms with Crippen molar-refractivity contribution >= 4 is 42.4 Å². The van der Waals surface area contributed by atoms with Gasteiger partial charge in [0.2, 0.25) is 0 Å². The van der Waals surface area contributed by atoms with Crippen LogP contribution in [0, 0.1) is 20.8 Å². The van der Waals surface area contributed by atoms with Gasteiger partial charge in [0.25, 0.3) is 0 Å². The molecule has 86 valence electrons. The normalized spacial score (nSPS) is 11.5. The average molecular weight is 308 g/mol. The van der Waals surface area contributed by atoms with E-state index in [4.69, 9.17) is 0 Å². The second kappa shape index (κ2) is 3.75. The first-order valence-corrected chi connectivity index (χ1v) is 7.06. The first kappa shape index (κ1) is 11.1. The maximum Gasteiger partial charge on any atom is 0.388 e. The molecule has 0 N–H and O–H groups in total. The van der Waals surface area contributed by atoms with E-state index in [9.17, 15) is 0 Å². The van der Waals surface area contributed by atoms with Crippen molar-refractivity contribution in [3.8, 4) is 0 Å². The van der Waals surface area contributed by atoms with Gasteiger partial charge in [0, 0.05) is 17.0 Å².